The normalized spacial score (nSPS) is 10.3. The van der Waals surface area contributed by atoms with Gasteiger partial charge in [0.15, 0.2) is 5.75 Å². The lowest BCUT2D eigenvalue weighted by Gasteiger charge is -2.06. The molecule has 0 aliphatic heterocycles. The molecule has 0 aliphatic carbocycles. The van der Waals surface area contributed by atoms with Gasteiger partial charge in [0.1, 0.15) is 5.82 Å². The number of aromatic nitrogens is 1. The van der Waals surface area contributed by atoms with Crippen LogP contribution in [0.15, 0.2) is 28.2 Å². The predicted octanol–water partition coefficient (Wildman–Crippen LogP) is 3.42. The zero-order chi connectivity index (χ0) is 10.8. The van der Waals surface area contributed by atoms with Crippen LogP contribution in [0.5, 0.6) is 10.9 Å². The number of rotatable bonds is 2. The fraction of sp³-hybridized carbons (Fsp3) is 0. The summed E-state index contributed by atoms with van der Waals surface area (Å²) < 4.78 is 18.8. The molecule has 0 atom stereocenters. The molecule has 1 aromatic heterocycles. The molecule has 0 aliphatic rings. The number of benzene rings is 1. The fourth-order valence-corrected chi connectivity index (χ4v) is 1.85. The molecule has 1 heterocycles. The number of nitrogens with two attached hydrogens (primary N) is 1. The molecule has 0 radical (unpaired) electrons. The highest BCUT2D eigenvalue weighted by atomic mass is 79.9. The number of nitrogens with zero attached hydrogens (tertiary/aromatic N) is 1. The van der Waals surface area contributed by atoms with Crippen LogP contribution in [-0.2, 0) is 0 Å². The van der Waals surface area contributed by atoms with Gasteiger partial charge < -0.3 is 10.5 Å². The van der Waals surface area contributed by atoms with Crippen molar-refractivity contribution >= 4 is 33.0 Å². The third kappa shape index (κ3) is 2.27. The van der Waals surface area contributed by atoms with Gasteiger partial charge in [-0.1, -0.05) is 11.3 Å². The Morgan fingerprint density at radius 1 is 1.47 bits per heavy atom. The average Bonchev–Trinajstić information content (AvgIpc) is 2.67. The molecular formula is C9H6BrFN2OS. The first-order valence-electron chi connectivity index (χ1n) is 3.98. The monoisotopic (exact) mass is 288 g/mol. The fourth-order valence-electron chi connectivity index (χ4n) is 0.987. The molecule has 0 unspecified atom stereocenters. The predicted molar refractivity (Wildman–Crippen MR) is 60.7 cm³/mol. The van der Waals surface area contributed by atoms with Gasteiger partial charge in [-0.3, -0.25) is 0 Å². The topological polar surface area (TPSA) is 48.1 Å². The maximum Gasteiger partial charge on any atom is 0.278 e. The molecule has 0 saturated carbocycles. The van der Waals surface area contributed by atoms with Crippen LogP contribution in [-0.4, -0.2) is 4.98 Å². The molecule has 2 rings (SSSR count). The summed E-state index contributed by atoms with van der Waals surface area (Å²) in [4.78, 5) is 3.91. The van der Waals surface area contributed by atoms with Crippen LogP contribution >= 0.6 is 27.3 Å². The Hall–Kier alpha value is -1.14. The molecule has 6 heteroatoms. The van der Waals surface area contributed by atoms with Gasteiger partial charge in [-0.05, 0) is 22.0 Å². The van der Waals surface area contributed by atoms with Crippen LogP contribution < -0.4 is 10.5 Å². The minimum Gasteiger partial charge on any atom is -0.429 e. The van der Waals surface area contributed by atoms with Crippen molar-refractivity contribution in [3.63, 3.8) is 0 Å². The summed E-state index contributed by atoms with van der Waals surface area (Å²) in [6, 6.07) is 2.68. The highest BCUT2D eigenvalue weighted by Crippen LogP contribution is 2.32. The third-order valence-electron chi connectivity index (χ3n) is 1.66. The summed E-state index contributed by atoms with van der Waals surface area (Å²) in [5, 5.41) is 2.20. The van der Waals surface area contributed by atoms with E-state index in [4.69, 9.17) is 10.5 Å². The summed E-state index contributed by atoms with van der Waals surface area (Å²) in [5.74, 6) is -0.151. The van der Waals surface area contributed by atoms with E-state index in [0.717, 1.165) is 0 Å². The molecule has 2 aromatic rings. The number of halogens is 2. The lowest BCUT2D eigenvalue weighted by atomic mass is 10.3. The largest absolute Gasteiger partial charge is 0.429 e. The minimum atomic E-state index is -0.421. The Labute approximate surface area is 97.8 Å². The first kappa shape index (κ1) is 10.4. The maximum atomic E-state index is 13.2. The number of thiazole rings is 1. The van der Waals surface area contributed by atoms with Gasteiger partial charge in [-0.15, -0.1) is 0 Å². The lowest BCUT2D eigenvalue weighted by molar-refractivity contribution is 0.475. The average molecular weight is 289 g/mol. The third-order valence-corrected chi connectivity index (χ3v) is 2.92. The second kappa shape index (κ2) is 4.16. The van der Waals surface area contributed by atoms with Crippen molar-refractivity contribution in [3.05, 3.63) is 34.0 Å². The highest BCUT2D eigenvalue weighted by molar-refractivity contribution is 9.10. The Balaban J connectivity index is 2.33. The molecule has 15 heavy (non-hydrogen) atoms. The van der Waals surface area contributed by atoms with E-state index in [-0.39, 0.29) is 5.75 Å². The van der Waals surface area contributed by atoms with Gasteiger partial charge in [0, 0.05) is 17.6 Å². The summed E-state index contributed by atoms with van der Waals surface area (Å²) in [7, 11) is 0. The lowest BCUT2D eigenvalue weighted by Crippen LogP contribution is -1.93. The Kier molecular flexibility index (Phi) is 2.88. The highest BCUT2D eigenvalue weighted by Gasteiger charge is 2.08. The Morgan fingerprint density at radius 2 is 2.27 bits per heavy atom. The van der Waals surface area contributed by atoms with Crippen LogP contribution in [0, 0.1) is 5.82 Å². The van der Waals surface area contributed by atoms with Gasteiger partial charge in [0.05, 0.1) is 10.2 Å². The van der Waals surface area contributed by atoms with Gasteiger partial charge >= 0.3 is 0 Å². The molecule has 1 aromatic carbocycles. The van der Waals surface area contributed by atoms with E-state index in [9.17, 15) is 4.39 Å². The van der Waals surface area contributed by atoms with Crippen LogP contribution in [0.4, 0.5) is 10.1 Å². The van der Waals surface area contributed by atoms with E-state index in [1.54, 1.807) is 11.6 Å². The Bertz CT molecular complexity index is 475. The second-order valence-corrected chi connectivity index (χ2v) is 4.42. The summed E-state index contributed by atoms with van der Waals surface area (Å²) >= 11 is 4.35. The number of anilines is 1. The summed E-state index contributed by atoms with van der Waals surface area (Å²) in [6.07, 6.45) is 1.60. The zero-order valence-electron chi connectivity index (χ0n) is 7.41. The van der Waals surface area contributed by atoms with E-state index < -0.39 is 5.82 Å². The van der Waals surface area contributed by atoms with Gasteiger partial charge in [-0.25, -0.2) is 9.37 Å². The Morgan fingerprint density at radius 3 is 2.93 bits per heavy atom. The van der Waals surface area contributed by atoms with Crippen molar-refractivity contribution in [1.82, 2.24) is 4.98 Å². The molecule has 0 fully saturated rings. The zero-order valence-corrected chi connectivity index (χ0v) is 9.81. The minimum absolute atomic E-state index is 0.269. The smallest absolute Gasteiger partial charge is 0.278 e. The molecule has 78 valence electrons. The van der Waals surface area contributed by atoms with Crippen molar-refractivity contribution in [2.75, 3.05) is 5.73 Å². The number of nitrogen functional groups attached to an aromatic ring is 1. The molecule has 0 bridgehead atoms. The van der Waals surface area contributed by atoms with Gasteiger partial charge in [0.2, 0.25) is 0 Å². The van der Waals surface area contributed by atoms with Crippen molar-refractivity contribution < 1.29 is 9.13 Å². The van der Waals surface area contributed by atoms with E-state index in [1.165, 1.54) is 23.5 Å². The van der Waals surface area contributed by atoms with Crippen molar-refractivity contribution in [3.8, 4) is 10.9 Å². The molecule has 0 amide bonds. The van der Waals surface area contributed by atoms with Crippen LogP contribution in [0.25, 0.3) is 0 Å². The van der Waals surface area contributed by atoms with Crippen LogP contribution in [0.3, 0.4) is 0 Å². The van der Waals surface area contributed by atoms with Crippen molar-refractivity contribution in [1.29, 1.82) is 0 Å². The van der Waals surface area contributed by atoms with Crippen molar-refractivity contribution in [2.45, 2.75) is 0 Å². The van der Waals surface area contributed by atoms with Gasteiger partial charge in [0.25, 0.3) is 5.19 Å². The molecule has 3 nitrogen and oxygen atoms in total. The quantitative estimate of drug-likeness (QED) is 0.862. The first-order chi connectivity index (χ1) is 7.16. The number of ether oxygens (including phenoxy) is 1. The number of hydrogen-bond donors (Lipinski definition) is 1. The molecule has 0 spiro atoms. The van der Waals surface area contributed by atoms with Crippen molar-refractivity contribution in [2.24, 2.45) is 0 Å². The number of hydrogen-bond acceptors (Lipinski definition) is 4. The van der Waals surface area contributed by atoms with Crippen LogP contribution in [0.1, 0.15) is 0 Å². The first-order valence-corrected chi connectivity index (χ1v) is 5.66. The second-order valence-electron chi connectivity index (χ2n) is 2.70. The summed E-state index contributed by atoms with van der Waals surface area (Å²) in [5.41, 5.74) is 6.02. The summed E-state index contributed by atoms with van der Waals surface area (Å²) in [6.45, 7) is 0. The van der Waals surface area contributed by atoms with Crippen LogP contribution in [0.2, 0.25) is 0 Å². The van der Waals surface area contributed by atoms with E-state index in [1.807, 2.05) is 0 Å². The van der Waals surface area contributed by atoms with E-state index in [0.29, 0.717) is 15.4 Å². The molecule has 0 saturated heterocycles. The van der Waals surface area contributed by atoms with Gasteiger partial charge in [-0.2, -0.15) is 0 Å². The standard InChI is InChI=1S/C9H6BrFN2OS/c10-5-3-7(12)8(4-6(5)11)14-9-13-1-2-15-9/h1-4H,12H2. The SMILES string of the molecule is Nc1cc(Br)c(F)cc1Oc1nccs1. The molecular weight excluding hydrogens is 283 g/mol. The molecule has 2 N–H and O–H groups in total. The van der Waals surface area contributed by atoms with E-state index >= 15 is 0 Å². The maximum absolute atomic E-state index is 13.2. The van der Waals surface area contributed by atoms with E-state index in [2.05, 4.69) is 20.9 Å².